The smallest absolute Gasteiger partial charge is 0.119 e. The van der Waals surface area contributed by atoms with E-state index < -0.39 is 0 Å². The van der Waals surface area contributed by atoms with Gasteiger partial charge >= 0.3 is 0 Å². The third-order valence-corrected chi connectivity index (χ3v) is 4.81. The van der Waals surface area contributed by atoms with Crippen LogP contribution >= 0.6 is 0 Å². The lowest BCUT2D eigenvalue weighted by Crippen LogP contribution is -2.40. The summed E-state index contributed by atoms with van der Waals surface area (Å²) in [6.45, 7) is 7.21. The number of fused-ring (bicyclic) bond motifs is 1. The van der Waals surface area contributed by atoms with E-state index in [0.29, 0.717) is 11.8 Å². The molecule has 2 aromatic carbocycles. The number of benzene rings is 2. The lowest BCUT2D eigenvalue weighted by atomic mass is 9.86. The van der Waals surface area contributed by atoms with Crippen LogP contribution in [0.25, 0.3) is 6.08 Å². The molecule has 0 bridgehead atoms. The second-order valence-corrected chi connectivity index (χ2v) is 6.27. The molecule has 1 N–H and O–H groups in total. The zero-order valence-corrected chi connectivity index (χ0v) is 13.8. The highest BCUT2D eigenvalue weighted by Gasteiger charge is 2.26. The normalized spacial score (nSPS) is 16.7. The summed E-state index contributed by atoms with van der Waals surface area (Å²) in [6, 6.07) is 14.8. The fourth-order valence-corrected chi connectivity index (χ4v) is 3.68. The van der Waals surface area contributed by atoms with Gasteiger partial charge in [0, 0.05) is 18.3 Å². The maximum atomic E-state index is 10.2. The monoisotopic (exact) mass is 307 g/mol. The summed E-state index contributed by atoms with van der Waals surface area (Å²) in [5, 5.41) is 10.2. The van der Waals surface area contributed by atoms with Crippen molar-refractivity contribution in [1.82, 2.24) is 0 Å². The number of aromatic hydroxyl groups is 1. The van der Waals surface area contributed by atoms with Crippen LogP contribution in [0, 0.1) is 0 Å². The van der Waals surface area contributed by atoms with E-state index in [1.165, 1.54) is 16.8 Å². The maximum absolute atomic E-state index is 10.2. The molecular weight excluding hydrogens is 282 g/mol. The molecule has 120 valence electrons. The van der Waals surface area contributed by atoms with E-state index in [-0.39, 0.29) is 0 Å². The predicted octanol–water partition coefficient (Wildman–Crippen LogP) is 4.81. The highest BCUT2D eigenvalue weighted by atomic mass is 16.3. The number of nitrogens with zero attached hydrogens (tertiary/aromatic N) is 1. The second-order valence-electron chi connectivity index (χ2n) is 6.27. The molecule has 0 amide bonds. The molecule has 3 rings (SSSR count). The van der Waals surface area contributed by atoms with E-state index in [1.54, 1.807) is 0 Å². The molecule has 1 atom stereocenters. The summed E-state index contributed by atoms with van der Waals surface area (Å²) < 4.78 is 0. The minimum Gasteiger partial charge on any atom is -0.508 e. The van der Waals surface area contributed by atoms with Crippen molar-refractivity contribution in [3.8, 4) is 5.75 Å². The Balaban J connectivity index is 1.94. The quantitative estimate of drug-likeness (QED) is 0.857. The number of para-hydroxylation sites is 1. The third kappa shape index (κ3) is 3.12. The van der Waals surface area contributed by atoms with E-state index in [0.717, 1.165) is 37.8 Å². The Morgan fingerprint density at radius 2 is 2.04 bits per heavy atom. The van der Waals surface area contributed by atoms with E-state index >= 15 is 0 Å². The summed E-state index contributed by atoms with van der Waals surface area (Å²) in [6.07, 6.45) is 6.11. The van der Waals surface area contributed by atoms with Gasteiger partial charge in [-0.3, -0.25) is 0 Å². The number of hydrogen-bond acceptors (Lipinski definition) is 2. The Morgan fingerprint density at radius 1 is 1.22 bits per heavy atom. The van der Waals surface area contributed by atoms with E-state index in [2.05, 4.69) is 48.7 Å². The van der Waals surface area contributed by atoms with Crippen LogP contribution in [0.1, 0.15) is 36.5 Å². The molecule has 2 heteroatoms. The summed E-state index contributed by atoms with van der Waals surface area (Å²) >= 11 is 0. The fraction of sp³-hybridized carbons (Fsp3) is 0.333. The standard InChI is InChI=1S/C21H25NO/c1-3-14-22(20-10-6-5-8-16(20)4-2)18-13-12-17-9-7-11-21(23)19(17)15-18/h4-11,18,23H,2-3,12-15H2,1H3. The lowest BCUT2D eigenvalue weighted by Gasteiger charge is -2.38. The van der Waals surface area contributed by atoms with Gasteiger partial charge in [0.25, 0.3) is 0 Å². The van der Waals surface area contributed by atoms with Gasteiger partial charge in [0.05, 0.1) is 0 Å². The fourth-order valence-electron chi connectivity index (χ4n) is 3.68. The Labute approximate surface area is 139 Å². The Morgan fingerprint density at radius 3 is 2.83 bits per heavy atom. The molecule has 2 aromatic rings. The zero-order chi connectivity index (χ0) is 16.2. The molecule has 2 nitrogen and oxygen atoms in total. The highest BCUT2D eigenvalue weighted by Crippen LogP contribution is 2.34. The molecule has 0 heterocycles. The van der Waals surface area contributed by atoms with Crippen molar-refractivity contribution >= 4 is 11.8 Å². The van der Waals surface area contributed by atoms with Gasteiger partial charge in [-0.15, -0.1) is 0 Å². The van der Waals surface area contributed by atoms with Gasteiger partial charge in [-0.05, 0) is 54.5 Å². The minimum absolute atomic E-state index is 0.428. The minimum atomic E-state index is 0.428. The Hall–Kier alpha value is -2.22. The number of anilines is 1. The molecule has 0 saturated heterocycles. The van der Waals surface area contributed by atoms with Crippen molar-refractivity contribution in [2.75, 3.05) is 11.4 Å². The largest absolute Gasteiger partial charge is 0.508 e. The first-order valence-corrected chi connectivity index (χ1v) is 8.52. The number of phenolic OH excluding ortho intramolecular Hbond substituents is 1. The van der Waals surface area contributed by atoms with Crippen LogP contribution in [0.5, 0.6) is 5.75 Å². The van der Waals surface area contributed by atoms with E-state index in [9.17, 15) is 5.11 Å². The van der Waals surface area contributed by atoms with Crippen LogP contribution in [-0.4, -0.2) is 17.7 Å². The topological polar surface area (TPSA) is 23.5 Å². The van der Waals surface area contributed by atoms with Gasteiger partial charge in [-0.2, -0.15) is 0 Å². The van der Waals surface area contributed by atoms with Crippen molar-refractivity contribution in [3.63, 3.8) is 0 Å². The van der Waals surface area contributed by atoms with E-state index in [4.69, 9.17) is 0 Å². The van der Waals surface area contributed by atoms with Gasteiger partial charge in [-0.25, -0.2) is 0 Å². The Kier molecular flexibility index (Phi) is 4.71. The molecule has 0 spiro atoms. The highest BCUT2D eigenvalue weighted by molar-refractivity contribution is 5.67. The van der Waals surface area contributed by atoms with Gasteiger partial charge < -0.3 is 10.0 Å². The van der Waals surface area contributed by atoms with Crippen LogP contribution in [0.2, 0.25) is 0 Å². The maximum Gasteiger partial charge on any atom is 0.119 e. The number of hydrogen-bond donors (Lipinski definition) is 1. The van der Waals surface area contributed by atoms with E-state index in [1.807, 2.05) is 18.2 Å². The molecule has 1 unspecified atom stereocenters. The first kappa shape index (κ1) is 15.7. The van der Waals surface area contributed by atoms with Crippen LogP contribution in [0.15, 0.2) is 49.0 Å². The van der Waals surface area contributed by atoms with Gasteiger partial charge in [0.2, 0.25) is 0 Å². The molecular formula is C21H25NO. The number of aryl methyl sites for hydroxylation is 1. The Bertz CT molecular complexity index is 692. The van der Waals surface area contributed by atoms with Crippen LogP contribution < -0.4 is 4.90 Å². The molecule has 1 aliphatic carbocycles. The summed E-state index contributed by atoms with van der Waals surface area (Å²) in [7, 11) is 0. The predicted molar refractivity (Wildman–Crippen MR) is 98.1 cm³/mol. The molecule has 1 aliphatic rings. The first-order valence-electron chi connectivity index (χ1n) is 8.52. The molecule has 0 fully saturated rings. The van der Waals surface area contributed by atoms with Crippen LogP contribution in [-0.2, 0) is 12.8 Å². The molecule has 0 aromatic heterocycles. The molecule has 23 heavy (non-hydrogen) atoms. The van der Waals surface area contributed by atoms with Gasteiger partial charge in [0.15, 0.2) is 0 Å². The van der Waals surface area contributed by atoms with Crippen molar-refractivity contribution in [3.05, 3.63) is 65.7 Å². The number of rotatable bonds is 5. The molecule has 0 aliphatic heterocycles. The third-order valence-electron chi connectivity index (χ3n) is 4.81. The zero-order valence-electron chi connectivity index (χ0n) is 13.8. The average Bonchev–Trinajstić information content (AvgIpc) is 2.60. The summed E-state index contributed by atoms with van der Waals surface area (Å²) in [5.74, 6) is 0.445. The van der Waals surface area contributed by atoms with Crippen LogP contribution in [0.3, 0.4) is 0 Å². The van der Waals surface area contributed by atoms with Crippen molar-refractivity contribution in [2.45, 2.75) is 38.6 Å². The summed E-state index contributed by atoms with van der Waals surface area (Å²) in [5.41, 5.74) is 4.87. The first-order chi connectivity index (χ1) is 11.2. The second kappa shape index (κ2) is 6.91. The molecule has 0 radical (unpaired) electrons. The van der Waals surface area contributed by atoms with Crippen LogP contribution in [0.4, 0.5) is 5.69 Å². The van der Waals surface area contributed by atoms with Crippen molar-refractivity contribution < 1.29 is 5.11 Å². The van der Waals surface area contributed by atoms with Gasteiger partial charge in [0.1, 0.15) is 5.75 Å². The van der Waals surface area contributed by atoms with Gasteiger partial charge in [-0.1, -0.05) is 49.9 Å². The van der Waals surface area contributed by atoms with Crippen molar-refractivity contribution in [1.29, 1.82) is 0 Å². The van der Waals surface area contributed by atoms with Crippen molar-refractivity contribution in [2.24, 2.45) is 0 Å². The lowest BCUT2D eigenvalue weighted by molar-refractivity contribution is 0.448. The average molecular weight is 307 g/mol. The molecule has 0 saturated carbocycles. The summed E-state index contributed by atoms with van der Waals surface area (Å²) in [4.78, 5) is 2.51. The SMILES string of the molecule is C=Cc1ccccc1N(CCC)C1CCc2cccc(O)c2C1. The number of phenols is 1.